The van der Waals surface area contributed by atoms with Gasteiger partial charge < -0.3 is 10.5 Å². The van der Waals surface area contributed by atoms with Gasteiger partial charge in [0.2, 0.25) is 0 Å². The lowest BCUT2D eigenvalue weighted by atomic mass is 9.48. The van der Waals surface area contributed by atoms with Crippen LogP contribution in [0.15, 0.2) is 0 Å². The average molecular weight is 292 g/mol. The first-order valence-electron chi connectivity index (χ1n) is 9.17. The molecule has 3 nitrogen and oxygen atoms in total. The summed E-state index contributed by atoms with van der Waals surface area (Å²) in [6.45, 7) is 3.42. The highest BCUT2D eigenvalue weighted by Gasteiger charge is 2.53. The molecule has 21 heavy (non-hydrogen) atoms. The van der Waals surface area contributed by atoms with Crippen molar-refractivity contribution in [3.05, 3.63) is 0 Å². The summed E-state index contributed by atoms with van der Waals surface area (Å²) in [5.41, 5.74) is 7.30. The van der Waals surface area contributed by atoms with Gasteiger partial charge in [0.25, 0.3) is 0 Å². The molecule has 5 fully saturated rings. The Morgan fingerprint density at radius 2 is 1.76 bits per heavy atom. The van der Waals surface area contributed by atoms with E-state index in [-0.39, 0.29) is 0 Å². The van der Waals surface area contributed by atoms with Crippen molar-refractivity contribution in [3.8, 4) is 0 Å². The Morgan fingerprint density at radius 3 is 2.33 bits per heavy atom. The first-order valence-corrected chi connectivity index (χ1v) is 9.17. The van der Waals surface area contributed by atoms with Gasteiger partial charge in [-0.25, -0.2) is 0 Å². The van der Waals surface area contributed by atoms with E-state index in [0.29, 0.717) is 17.6 Å². The molecule has 0 aromatic carbocycles. The number of hydrogen-bond acceptors (Lipinski definition) is 3. The summed E-state index contributed by atoms with van der Waals surface area (Å²) >= 11 is 0. The smallest absolute Gasteiger partial charge is 0.0698 e. The van der Waals surface area contributed by atoms with Gasteiger partial charge in [0, 0.05) is 26.2 Å². The molecule has 0 amide bonds. The molecule has 2 unspecified atom stereocenters. The second-order valence-electron chi connectivity index (χ2n) is 8.65. The maximum absolute atomic E-state index is 6.81. The Labute approximate surface area is 129 Å². The van der Waals surface area contributed by atoms with Gasteiger partial charge in [0.05, 0.1) is 6.10 Å². The van der Waals surface area contributed by atoms with Gasteiger partial charge in [-0.05, 0) is 81.1 Å². The van der Waals surface area contributed by atoms with Crippen molar-refractivity contribution in [1.82, 2.24) is 4.90 Å². The number of nitrogens with zero attached hydrogens (tertiary/aromatic N) is 1. The first kappa shape index (κ1) is 14.5. The van der Waals surface area contributed by atoms with E-state index in [4.69, 9.17) is 10.5 Å². The molecule has 1 saturated heterocycles. The normalized spacial score (nSPS) is 47.7. The second kappa shape index (κ2) is 5.50. The van der Waals surface area contributed by atoms with Gasteiger partial charge in [0.15, 0.2) is 0 Å². The molecule has 1 aliphatic heterocycles. The van der Waals surface area contributed by atoms with Crippen molar-refractivity contribution in [3.63, 3.8) is 0 Å². The van der Waals surface area contributed by atoms with Gasteiger partial charge in [0.1, 0.15) is 0 Å². The van der Waals surface area contributed by atoms with Crippen LogP contribution in [0.1, 0.15) is 51.4 Å². The minimum Gasteiger partial charge on any atom is -0.380 e. The quantitative estimate of drug-likeness (QED) is 0.866. The molecule has 1 heterocycles. The van der Waals surface area contributed by atoms with E-state index < -0.39 is 0 Å². The predicted octanol–water partition coefficient (Wildman–Crippen LogP) is 2.64. The summed E-state index contributed by atoms with van der Waals surface area (Å²) in [5, 5.41) is 0. The van der Waals surface area contributed by atoms with Crippen LogP contribution in [0, 0.1) is 23.2 Å². The maximum atomic E-state index is 6.81. The fraction of sp³-hybridized carbons (Fsp3) is 1.00. The molecule has 5 rings (SSSR count). The van der Waals surface area contributed by atoms with Crippen molar-refractivity contribution in [2.45, 2.75) is 63.5 Å². The molecular formula is C18H32N2O. The number of methoxy groups -OCH3 is 1. The molecule has 0 aromatic heterocycles. The lowest BCUT2D eigenvalue weighted by molar-refractivity contribution is -0.0749. The average Bonchev–Trinajstić information content (AvgIpc) is 2.46. The van der Waals surface area contributed by atoms with Crippen LogP contribution < -0.4 is 5.73 Å². The van der Waals surface area contributed by atoms with E-state index in [0.717, 1.165) is 30.8 Å². The van der Waals surface area contributed by atoms with Gasteiger partial charge in [-0.3, -0.25) is 4.90 Å². The van der Waals surface area contributed by atoms with Crippen molar-refractivity contribution in [2.75, 3.05) is 26.7 Å². The van der Waals surface area contributed by atoms with Gasteiger partial charge in [-0.2, -0.15) is 0 Å². The fourth-order valence-electron chi connectivity index (χ4n) is 6.47. The SMILES string of the molecule is COC1CCCN(CC(N)C23CC4CC(CC(C4)C2)C3)C1. The number of rotatable bonds is 4. The number of piperidine rings is 1. The van der Waals surface area contributed by atoms with Crippen molar-refractivity contribution >= 4 is 0 Å². The number of likely N-dealkylation sites (tertiary alicyclic amines) is 1. The van der Waals surface area contributed by atoms with Gasteiger partial charge in [-0.1, -0.05) is 0 Å². The van der Waals surface area contributed by atoms with Crippen LogP contribution in [0.4, 0.5) is 0 Å². The Bertz CT molecular complexity index is 348. The molecule has 4 aliphatic carbocycles. The summed E-state index contributed by atoms with van der Waals surface area (Å²) in [7, 11) is 1.85. The van der Waals surface area contributed by atoms with Crippen LogP contribution >= 0.6 is 0 Å². The standard InChI is InChI=1S/C18H32N2O/c1-21-16-3-2-4-20(11-16)12-17(19)18-8-13-5-14(9-18)7-15(6-13)10-18/h13-17H,2-12,19H2,1H3. The van der Waals surface area contributed by atoms with Crippen molar-refractivity contribution in [1.29, 1.82) is 0 Å². The molecular weight excluding hydrogens is 260 g/mol. The van der Waals surface area contributed by atoms with Gasteiger partial charge >= 0.3 is 0 Å². The molecule has 0 radical (unpaired) electrons. The van der Waals surface area contributed by atoms with Crippen LogP contribution in [-0.4, -0.2) is 43.8 Å². The third kappa shape index (κ3) is 2.66. The lowest BCUT2D eigenvalue weighted by Gasteiger charge is -2.59. The molecule has 120 valence electrons. The summed E-state index contributed by atoms with van der Waals surface area (Å²) in [5.74, 6) is 3.03. The van der Waals surface area contributed by atoms with E-state index in [2.05, 4.69) is 4.90 Å². The zero-order valence-corrected chi connectivity index (χ0v) is 13.6. The molecule has 4 bridgehead atoms. The number of hydrogen-bond donors (Lipinski definition) is 1. The zero-order valence-electron chi connectivity index (χ0n) is 13.6. The van der Waals surface area contributed by atoms with E-state index in [9.17, 15) is 0 Å². The molecule has 3 heteroatoms. The molecule has 2 N–H and O–H groups in total. The summed E-state index contributed by atoms with van der Waals surface area (Å²) < 4.78 is 5.57. The Morgan fingerprint density at radius 1 is 1.14 bits per heavy atom. The molecule has 0 aromatic rings. The van der Waals surface area contributed by atoms with Gasteiger partial charge in [-0.15, -0.1) is 0 Å². The van der Waals surface area contributed by atoms with Crippen LogP contribution in [0.5, 0.6) is 0 Å². The summed E-state index contributed by atoms with van der Waals surface area (Å²) in [6, 6.07) is 0.390. The van der Waals surface area contributed by atoms with Crippen LogP contribution in [0.2, 0.25) is 0 Å². The zero-order chi connectivity index (χ0) is 14.4. The fourth-order valence-corrected chi connectivity index (χ4v) is 6.47. The van der Waals surface area contributed by atoms with E-state index in [1.54, 1.807) is 0 Å². The van der Waals surface area contributed by atoms with Crippen LogP contribution in [-0.2, 0) is 4.74 Å². The Balaban J connectivity index is 1.41. The van der Waals surface area contributed by atoms with E-state index in [1.807, 2.05) is 7.11 Å². The highest BCUT2D eigenvalue weighted by atomic mass is 16.5. The molecule has 4 saturated carbocycles. The summed E-state index contributed by atoms with van der Waals surface area (Å²) in [6.07, 6.45) is 11.8. The minimum atomic E-state index is 0.390. The van der Waals surface area contributed by atoms with Crippen LogP contribution in [0.3, 0.4) is 0 Å². The third-order valence-corrected chi connectivity index (χ3v) is 7.12. The highest BCUT2D eigenvalue weighted by Crippen LogP contribution is 2.61. The van der Waals surface area contributed by atoms with Crippen molar-refractivity contribution < 1.29 is 4.74 Å². The highest BCUT2D eigenvalue weighted by molar-refractivity contribution is 5.06. The van der Waals surface area contributed by atoms with Crippen LogP contribution in [0.25, 0.3) is 0 Å². The van der Waals surface area contributed by atoms with Crippen molar-refractivity contribution in [2.24, 2.45) is 28.9 Å². The van der Waals surface area contributed by atoms with E-state index >= 15 is 0 Å². The molecule has 5 aliphatic rings. The lowest BCUT2D eigenvalue weighted by Crippen LogP contribution is -2.58. The number of ether oxygens (including phenoxy) is 1. The Hall–Kier alpha value is -0.120. The predicted molar refractivity (Wildman–Crippen MR) is 85.1 cm³/mol. The largest absolute Gasteiger partial charge is 0.380 e. The molecule has 0 spiro atoms. The minimum absolute atomic E-state index is 0.390. The topological polar surface area (TPSA) is 38.5 Å². The maximum Gasteiger partial charge on any atom is 0.0698 e. The van der Waals surface area contributed by atoms with E-state index in [1.165, 1.54) is 57.9 Å². The number of nitrogens with two attached hydrogens (primary N) is 1. The third-order valence-electron chi connectivity index (χ3n) is 7.12. The molecule has 2 atom stereocenters. The first-order chi connectivity index (χ1) is 10.2. The second-order valence-corrected chi connectivity index (χ2v) is 8.65. The monoisotopic (exact) mass is 292 g/mol. The Kier molecular flexibility index (Phi) is 3.79. The summed E-state index contributed by atoms with van der Waals surface area (Å²) in [4.78, 5) is 2.58.